The van der Waals surface area contributed by atoms with Gasteiger partial charge in [0.2, 0.25) is 0 Å². The van der Waals surface area contributed by atoms with Crippen molar-refractivity contribution in [3.8, 4) is 0 Å². The molecule has 0 aliphatic carbocycles. The van der Waals surface area contributed by atoms with Gasteiger partial charge in [-0.1, -0.05) is 48.3 Å². The van der Waals surface area contributed by atoms with Gasteiger partial charge in [-0.2, -0.15) is 26.3 Å². The molecule has 198 valence electrons. The Labute approximate surface area is 213 Å². The summed E-state index contributed by atoms with van der Waals surface area (Å²) < 4.78 is 79.9. The maximum absolute atomic E-state index is 13.3. The third-order valence-corrected chi connectivity index (χ3v) is 7.41. The smallest absolute Gasteiger partial charge is 0.352 e. The summed E-state index contributed by atoms with van der Waals surface area (Å²) in [5, 5.41) is 5.26. The number of halogens is 6. The van der Waals surface area contributed by atoms with E-state index in [-0.39, 0.29) is 20.9 Å². The topological polar surface area (TPSA) is 58.2 Å². The zero-order chi connectivity index (χ0) is 26.9. The van der Waals surface area contributed by atoms with Gasteiger partial charge in [-0.05, 0) is 49.2 Å². The van der Waals surface area contributed by atoms with Crippen molar-refractivity contribution in [3.05, 3.63) is 58.7 Å². The van der Waals surface area contributed by atoms with Crippen LogP contribution in [-0.2, 0) is 12.4 Å². The molecule has 0 atom stereocenters. The van der Waals surface area contributed by atoms with E-state index in [4.69, 9.17) is 0 Å². The van der Waals surface area contributed by atoms with Gasteiger partial charge >= 0.3 is 12.4 Å². The number of alkyl halides is 6. The Morgan fingerprint density at radius 2 is 1.06 bits per heavy atom. The van der Waals surface area contributed by atoms with Crippen molar-refractivity contribution in [1.29, 1.82) is 0 Å². The lowest BCUT2D eigenvalue weighted by Crippen LogP contribution is -2.25. The van der Waals surface area contributed by atoms with Gasteiger partial charge in [-0.3, -0.25) is 9.59 Å². The van der Waals surface area contributed by atoms with E-state index in [2.05, 4.69) is 10.6 Å². The van der Waals surface area contributed by atoms with Crippen LogP contribution >= 0.6 is 21.6 Å². The summed E-state index contributed by atoms with van der Waals surface area (Å²) in [4.78, 5) is 25.0. The lowest BCUT2D eigenvalue weighted by atomic mass is 10.1. The van der Waals surface area contributed by atoms with Gasteiger partial charge in [-0.15, -0.1) is 0 Å². The van der Waals surface area contributed by atoms with E-state index in [0.717, 1.165) is 49.2 Å². The van der Waals surface area contributed by atoms with E-state index < -0.39 is 35.3 Å². The molecular formula is C24H26F6N2O2S2. The van der Waals surface area contributed by atoms with E-state index in [1.807, 2.05) is 13.8 Å². The van der Waals surface area contributed by atoms with Crippen molar-refractivity contribution < 1.29 is 35.9 Å². The molecule has 0 saturated carbocycles. The lowest BCUT2D eigenvalue weighted by Gasteiger charge is -2.15. The minimum atomic E-state index is -4.68. The molecule has 2 amide bonds. The molecule has 0 aliphatic rings. The monoisotopic (exact) mass is 552 g/mol. The first-order chi connectivity index (χ1) is 16.9. The fraction of sp³-hybridized carbons (Fsp3) is 0.417. The van der Waals surface area contributed by atoms with Crippen LogP contribution in [0.5, 0.6) is 0 Å². The standard InChI is InChI=1S/C24H26F6N2O2S2/c1-3-5-11-31-21(33)17-9-7-15(23(25,26)27)13-19(17)35-36-20-14-16(24(28,29)30)8-10-18(20)22(34)32-12-6-4-2/h7-10,13-14H,3-6,11-12H2,1-2H3,(H,31,33)(H,32,34). The van der Waals surface area contributed by atoms with Crippen LogP contribution in [0, 0.1) is 0 Å². The third-order valence-electron chi connectivity index (χ3n) is 4.96. The second kappa shape index (κ2) is 13.3. The molecule has 2 N–H and O–H groups in total. The molecule has 0 unspecified atom stereocenters. The molecule has 0 aromatic heterocycles. The molecule has 36 heavy (non-hydrogen) atoms. The highest BCUT2D eigenvalue weighted by atomic mass is 33.1. The number of rotatable bonds is 11. The molecule has 4 nitrogen and oxygen atoms in total. The summed E-state index contributed by atoms with van der Waals surface area (Å²) in [5.74, 6) is -1.19. The molecule has 0 aliphatic heterocycles. The first-order valence-electron chi connectivity index (χ1n) is 11.2. The minimum absolute atomic E-state index is 0.0440. The number of carbonyl (C=O) groups excluding carboxylic acids is 2. The van der Waals surface area contributed by atoms with Crippen LogP contribution in [0.2, 0.25) is 0 Å². The van der Waals surface area contributed by atoms with Gasteiger partial charge in [0.25, 0.3) is 11.8 Å². The molecule has 0 bridgehead atoms. The van der Waals surface area contributed by atoms with Crippen LogP contribution in [-0.4, -0.2) is 24.9 Å². The summed E-state index contributed by atoms with van der Waals surface area (Å²) in [6.45, 7) is 4.47. The number of hydrogen-bond acceptors (Lipinski definition) is 4. The first kappa shape index (κ1) is 29.9. The van der Waals surface area contributed by atoms with Crippen LogP contribution in [0.1, 0.15) is 71.4 Å². The molecule has 0 radical (unpaired) electrons. The maximum Gasteiger partial charge on any atom is 0.416 e. The van der Waals surface area contributed by atoms with Crippen molar-refractivity contribution in [1.82, 2.24) is 10.6 Å². The summed E-state index contributed by atoms with van der Waals surface area (Å²) in [7, 11) is 1.37. The van der Waals surface area contributed by atoms with E-state index in [9.17, 15) is 35.9 Å². The van der Waals surface area contributed by atoms with Crippen molar-refractivity contribution >= 4 is 33.4 Å². The number of benzene rings is 2. The van der Waals surface area contributed by atoms with E-state index in [1.165, 1.54) is 0 Å². The van der Waals surface area contributed by atoms with Crippen LogP contribution in [0.25, 0.3) is 0 Å². The summed E-state index contributed by atoms with van der Waals surface area (Å²) in [5.41, 5.74) is -2.09. The molecule has 0 fully saturated rings. The van der Waals surface area contributed by atoms with Crippen molar-refractivity contribution in [2.24, 2.45) is 0 Å². The van der Waals surface area contributed by atoms with Gasteiger partial charge in [0, 0.05) is 22.9 Å². The zero-order valence-electron chi connectivity index (χ0n) is 19.6. The number of hydrogen-bond donors (Lipinski definition) is 2. The van der Waals surface area contributed by atoms with Crippen LogP contribution < -0.4 is 10.6 Å². The van der Waals surface area contributed by atoms with E-state index in [1.54, 1.807) is 0 Å². The number of carbonyl (C=O) groups is 2. The highest BCUT2D eigenvalue weighted by molar-refractivity contribution is 8.76. The average Bonchev–Trinajstić information content (AvgIpc) is 2.81. The third kappa shape index (κ3) is 8.65. The SMILES string of the molecule is CCCCNC(=O)c1ccc(C(F)(F)F)cc1SSc1cc(C(F)(F)F)ccc1C(=O)NCCCC. The van der Waals surface area contributed by atoms with Crippen LogP contribution in [0.3, 0.4) is 0 Å². The number of amides is 2. The number of nitrogens with one attached hydrogen (secondary N) is 2. The predicted molar refractivity (Wildman–Crippen MR) is 129 cm³/mol. The summed E-state index contributed by atoms with van der Waals surface area (Å²) >= 11 is 0. The van der Waals surface area contributed by atoms with Gasteiger partial charge in [0.05, 0.1) is 22.3 Å². The molecular weight excluding hydrogens is 526 g/mol. The predicted octanol–water partition coefficient (Wildman–Crippen LogP) is 7.58. The van der Waals surface area contributed by atoms with Gasteiger partial charge in [0.1, 0.15) is 0 Å². The lowest BCUT2D eigenvalue weighted by molar-refractivity contribution is -0.138. The summed E-state index contributed by atoms with van der Waals surface area (Å²) in [6, 6.07) is 5.19. The molecule has 12 heteroatoms. The Balaban J connectivity index is 2.42. The molecule has 0 saturated heterocycles. The van der Waals surface area contributed by atoms with Gasteiger partial charge in [-0.25, -0.2) is 0 Å². The normalized spacial score (nSPS) is 11.9. The molecule has 2 aromatic rings. The fourth-order valence-electron chi connectivity index (χ4n) is 2.95. The average molecular weight is 553 g/mol. The summed E-state index contributed by atoms with van der Waals surface area (Å²) in [6.07, 6.45) is -6.43. The largest absolute Gasteiger partial charge is 0.416 e. The Hall–Kier alpha value is -2.34. The molecule has 0 heterocycles. The van der Waals surface area contributed by atoms with E-state index >= 15 is 0 Å². The van der Waals surface area contributed by atoms with Crippen molar-refractivity contribution in [3.63, 3.8) is 0 Å². The van der Waals surface area contributed by atoms with Crippen molar-refractivity contribution in [2.45, 2.75) is 61.7 Å². The van der Waals surface area contributed by atoms with Gasteiger partial charge in [0.15, 0.2) is 0 Å². The molecule has 2 rings (SSSR count). The van der Waals surface area contributed by atoms with Crippen molar-refractivity contribution in [2.75, 3.05) is 13.1 Å². The minimum Gasteiger partial charge on any atom is -0.352 e. The molecule has 0 spiro atoms. The quantitative estimate of drug-likeness (QED) is 0.171. The van der Waals surface area contributed by atoms with E-state index in [0.29, 0.717) is 47.5 Å². The van der Waals surface area contributed by atoms with Crippen LogP contribution in [0.4, 0.5) is 26.3 Å². The Morgan fingerprint density at radius 3 is 1.36 bits per heavy atom. The van der Waals surface area contributed by atoms with Gasteiger partial charge < -0.3 is 10.6 Å². The maximum atomic E-state index is 13.3. The second-order valence-corrected chi connectivity index (χ2v) is 10.0. The Morgan fingerprint density at radius 1 is 0.694 bits per heavy atom. The van der Waals surface area contributed by atoms with Crippen LogP contribution in [0.15, 0.2) is 46.2 Å². The first-order valence-corrected chi connectivity index (χ1v) is 13.4. The second-order valence-electron chi connectivity index (χ2n) is 7.80. The Kier molecular flexibility index (Phi) is 11.0. The number of unbranched alkanes of at least 4 members (excludes halogenated alkanes) is 2. The zero-order valence-corrected chi connectivity index (χ0v) is 21.2. The highest BCUT2D eigenvalue weighted by Crippen LogP contribution is 2.44. The highest BCUT2D eigenvalue weighted by Gasteiger charge is 2.33. The fourth-order valence-corrected chi connectivity index (χ4v) is 5.34. The Bertz CT molecular complexity index is 974. The molecule has 2 aromatic carbocycles.